The first-order chi connectivity index (χ1) is 15.1. The summed E-state index contributed by atoms with van der Waals surface area (Å²) in [6.45, 7) is 2.75. The number of rotatable bonds is 8. The number of nitrogens with zero attached hydrogens (tertiary/aromatic N) is 4. The van der Waals surface area contributed by atoms with Gasteiger partial charge in [0.2, 0.25) is 5.88 Å². The van der Waals surface area contributed by atoms with E-state index in [4.69, 9.17) is 9.72 Å². The lowest BCUT2D eigenvalue weighted by Crippen LogP contribution is -2.07. The lowest BCUT2D eigenvalue weighted by atomic mass is 9.99. The minimum absolute atomic E-state index is 0.291. The summed E-state index contributed by atoms with van der Waals surface area (Å²) in [7, 11) is 1.60. The first-order valence-electron chi connectivity index (χ1n) is 10.3. The Morgan fingerprint density at radius 1 is 1.10 bits per heavy atom. The predicted octanol–water partition coefficient (Wildman–Crippen LogP) is 4.59. The van der Waals surface area contributed by atoms with Crippen molar-refractivity contribution in [1.29, 1.82) is 0 Å². The molecule has 0 radical (unpaired) electrons. The molecule has 158 valence electrons. The summed E-state index contributed by atoms with van der Waals surface area (Å²) in [6, 6.07) is 15.0. The van der Waals surface area contributed by atoms with Crippen molar-refractivity contribution in [1.82, 2.24) is 19.5 Å². The van der Waals surface area contributed by atoms with Crippen molar-refractivity contribution in [2.24, 2.45) is 0 Å². The highest BCUT2D eigenvalue weighted by atomic mass is 16.5. The number of aryl methyl sites for hydroxylation is 1. The second kappa shape index (κ2) is 8.95. The highest BCUT2D eigenvalue weighted by molar-refractivity contribution is 5.96. The lowest BCUT2D eigenvalue weighted by molar-refractivity contribution is 0.0697. The average molecular weight is 416 g/mol. The van der Waals surface area contributed by atoms with Crippen molar-refractivity contribution in [2.75, 3.05) is 7.11 Å². The molecule has 4 rings (SSSR count). The van der Waals surface area contributed by atoms with Crippen molar-refractivity contribution >= 4 is 17.1 Å². The van der Waals surface area contributed by atoms with Crippen LogP contribution in [0.1, 0.15) is 41.5 Å². The Labute approximate surface area is 180 Å². The molecule has 0 bridgehead atoms. The van der Waals surface area contributed by atoms with Gasteiger partial charge in [0.1, 0.15) is 12.2 Å². The van der Waals surface area contributed by atoms with Crippen LogP contribution < -0.4 is 4.74 Å². The number of aromatic nitrogens is 4. The molecular weight excluding hydrogens is 392 g/mol. The largest absolute Gasteiger partial charge is 0.479 e. The monoisotopic (exact) mass is 416 g/mol. The van der Waals surface area contributed by atoms with Crippen LogP contribution >= 0.6 is 0 Å². The highest BCUT2D eigenvalue weighted by Gasteiger charge is 2.17. The maximum absolute atomic E-state index is 11.5. The van der Waals surface area contributed by atoms with E-state index in [1.165, 1.54) is 6.33 Å². The molecular formula is C24H24N4O3. The number of imidazole rings is 1. The van der Waals surface area contributed by atoms with Crippen molar-refractivity contribution in [3.63, 3.8) is 0 Å². The first kappa shape index (κ1) is 20.5. The number of unbranched alkanes of at least 4 members (excludes halogenated alkanes) is 1. The van der Waals surface area contributed by atoms with Crippen LogP contribution in [0.25, 0.3) is 22.3 Å². The minimum atomic E-state index is -0.933. The molecule has 7 heteroatoms. The zero-order valence-corrected chi connectivity index (χ0v) is 17.6. The number of hydrogen-bond donors (Lipinski definition) is 1. The van der Waals surface area contributed by atoms with E-state index in [1.807, 2.05) is 36.4 Å². The molecule has 31 heavy (non-hydrogen) atoms. The average Bonchev–Trinajstić information content (AvgIpc) is 3.15. The van der Waals surface area contributed by atoms with Gasteiger partial charge in [-0.3, -0.25) is 0 Å². The van der Waals surface area contributed by atoms with Gasteiger partial charge in [-0.05, 0) is 29.2 Å². The zero-order chi connectivity index (χ0) is 21.8. The number of carboxylic acids is 1. The Hall–Kier alpha value is -3.74. The van der Waals surface area contributed by atoms with Crippen LogP contribution in [0.4, 0.5) is 0 Å². The quantitative estimate of drug-likeness (QED) is 0.452. The van der Waals surface area contributed by atoms with Gasteiger partial charge in [0.05, 0.1) is 12.7 Å². The normalized spacial score (nSPS) is 11.0. The highest BCUT2D eigenvalue weighted by Crippen LogP contribution is 2.27. The van der Waals surface area contributed by atoms with E-state index in [9.17, 15) is 9.90 Å². The summed E-state index contributed by atoms with van der Waals surface area (Å²) in [6.07, 6.45) is 4.42. The SMILES string of the molecule is CCCCc1nc2ncnc(OC)c2n1Cc1ccc(-c2ccccc2C(=O)O)cc1. The van der Waals surface area contributed by atoms with E-state index in [2.05, 4.69) is 21.5 Å². The van der Waals surface area contributed by atoms with Crippen LogP contribution in [0.15, 0.2) is 54.9 Å². The van der Waals surface area contributed by atoms with E-state index in [0.717, 1.165) is 41.7 Å². The molecule has 0 fully saturated rings. The molecule has 4 aromatic rings. The summed E-state index contributed by atoms with van der Waals surface area (Å²) in [4.78, 5) is 24.8. The van der Waals surface area contributed by atoms with Crippen molar-refractivity contribution in [3.05, 3.63) is 71.8 Å². The molecule has 2 heterocycles. The fourth-order valence-electron chi connectivity index (χ4n) is 3.72. The number of benzene rings is 2. The van der Waals surface area contributed by atoms with Crippen molar-refractivity contribution in [2.45, 2.75) is 32.7 Å². The number of aromatic carboxylic acids is 1. The third kappa shape index (κ3) is 4.12. The Kier molecular flexibility index (Phi) is 5.93. The van der Waals surface area contributed by atoms with E-state index < -0.39 is 5.97 Å². The van der Waals surface area contributed by atoms with Crippen LogP contribution in [0.5, 0.6) is 5.88 Å². The molecule has 0 saturated carbocycles. The minimum Gasteiger partial charge on any atom is -0.479 e. The molecule has 0 aliphatic rings. The summed E-state index contributed by atoms with van der Waals surface area (Å²) >= 11 is 0. The Balaban J connectivity index is 1.71. The van der Waals surface area contributed by atoms with Gasteiger partial charge in [0, 0.05) is 13.0 Å². The number of ether oxygens (including phenoxy) is 1. The third-order valence-corrected chi connectivity index (χ3v) is 5.30. The van der Waals surface area contributed by atoms with E-state index in [-0.39, 0.29) is 0 Å². The van der Waals surface area contributed by atoms with Gasteiger partial charge in [-0.2, -0.15) is 4.98 Å². The number of hydrogen-bond acceptors (Lipinski definition) is 5. The fourth-order valence-corrected chi connectivity index (χ4v) is 3.72. The van der Waals surface area contributed by atoms with Gasteiger partial charge in [-0.15, -0.1) is 0 Å². The molecule has 0 atom stereocenters. The molecule has 0 saturated heterocycles. The van der Waals surface area contributed by atoms with Crippen LogP contribution in [0.3, 0.4) is 0 Å². The molecule has 2 aromatic carbocycles. The number of carbonyl (C=O) groups is 1. The van der Waals surface area contributed by atoms with Gasteiger partial charge in [0.25, 0.3) is 0 Å². The molecule has 0 spiro atoms. The van der Waals surface area contributed by atoms with Gasteiger partial charge in [-0.1, -0.05) is 55.8 Å². The van der Waals surface area contributed by atoms with Crippen molar-refractivity contribution in [3.8, 4) is 17.0 Å². The van der Waals surface area contributed by atoms with E-state index >= 15 is 0 Å². The molecule has 7 nitrogen and oxygen atoms in total. The molecule has 0 unspecified atom stereocenters. The van der Waals surface area contributed by atoms with Crippen molar-refractivity contribution < 1.29 is 14.6 Å². The van der Waals surface area contributed by atoms with Crippen LogP contribution in [0.2, 0.25) is 0 Å². The van der Waals surface area contributed by atoms with E-state index in [1.54, 1.807) is 19.2 Å². The Morgan fingerprint density at radius 2 is 1.87 bits per heavy atom. The van der Waals surface area contributed by atoms with Crippen LogP contribution in [0, 0.1) is 0 Å². The van der Waals surface area contributed by atoms with Crippen LogP contribution in [-0.2, 0) is 13.0 Å². The summed E-state index contributed by atoms with van der Waals surface area (Å²) in [5.74, 6) is 0.528. The Morgan fingerprint density at radius 3 is 2.58 bits per heavy atom. The smallest absolute Gasteiger partial charge is 0.336 e. The van der Waals surface area contributed by atoms with Gasteiger partial charge >= 0.3 is 5.97 Å². The summed E-state index contributed by atoms with van der Waals surface area (Å²) < 4.78 is 7.58. The molecule has 2 aromatic heterocycles. The molecule has 0 aliphatic heterocycles. The van der Waals surface area contributed by atoms with Gasteiger partial charge in [-0.25, -0.2) is 14.8 Å². The first-order valence-corrected chi connectivity index (χ1v) is 10.3. The lowest BCUT2D eigenvalue weighted by Gasteiger charge is -2.12. The number of methoxy groups -OCH3 is 1. The van der Waals surface area contributed by atoms with Gasteiger partial charge in [0.15, 0.2) is 11.2 Å². The predicted molar refractivity (Wildman–Crippen MR) is 118 cm³/mol. The molecule has 1 N–H and O–H groups in total. The van der Waals surface area contributed by atoms with E-state index in [0.29, 0.717) is 29.2 Å². The standard InChI is InChI=1S/C24H24N4O3/c1-3-4-9-20-27-22-21(23(31-2)26-15-25-22)28(20)14-16-10-12-17(13-11-16)18-7-5-6-8-19(18)24(29)30/h5-8,10-13,15H,3-4,9,14H2,1-2H3,(H,29,30). The zero-order valence-electron chi connectivity index (χ0n) is 17.6. The summed E-state index contributed by atoms with van der Waals surface area (Å²) in [5, 5.41) is 9.47. The second-order valence-corrected chi connectivity index (χ2v) is 7.32. The number of carboxylic acid groups (broad SMARTS) is 1. The molecule has 0 aliphatic carbocycles. The van der Waals surface area contributed by atoms with Gasteiger partial charge < -0.3 is 14.4 Å². The summed E-state index contributed by atoms with van der Waals surface area (Å²) in [5.41, 5.74) is 4.35. The number of fused-ring (bicyclic) bond motifs is 1. The molecule has 0 amide bonds. The second-order valence-electron chi connectivity index (χ2n) is 7.32. The fraction of sp³-hybridized carbons (Fsp3) is 0.250. The Bertz CT molecular complexity index is 1220. The maximum Gasteiger partial charge on any atom is 0.336 e. The maximum atomic E-state index is 11.5. The third-order valence-electron chi connectivity index (χ3n) is 5.30. The topological polar surface area (TPSA) is 90.1 Å². The van der Waals surface area contributed by atoms with Crippen LogP contribution in [-0.4, -0.2) is 37.7 Å².